The van der Waals surface area contributed by atoms with Gasteiger partial charge in [0, 0.05) is 11.7 Å². The predicted molar refractivity (Wildman–Crippen MR) is 136 cm³/mol. The highest BCUT2D eigenvalue weighted by atomic mass is 16.5. The van der Waals surface area contributed by atoms with E-state index in [1.165, 1.54) is 17.2 Å². The summed E-state index contributed by atoms with van der Waals surface area (Å²) in [6.07, 6.45) is 5.36. The molecule has 0 saturated heterocycles. The van der Waals surface area contributed by atoms with Crippen molar-refractivity contribution >= 4 is 23.4 Å². The summed E-state index contributed by atoms with van der Waals surface area (Å²) in [4.78, 5) is 41.3. The molecular weight excluding hydrogens is 458 g/mol. The van der Waals surface area contributed by atoms with Gasteiger partial charge in [0.05, 0.1) is 19.9 Å². The van der Waals surface area contributed by atoms with Gasteiger partial charge < -0.3 is 19.8 Å². The fraction of sp³-hybridized carbons (Fsp3) is 0.321. The number of nitrogens with one attached hydrogen (secondary N) is 2. The van der Waals surface area contributed by atoms with E-state index >= 15 is 0 Å². The van der Waals surface area contributed by atoms with Gasteiger partial charge in [0.2, 0.25) is 11.8 Å². The van der Waals surface area contributed by atoms with Crippen LogP contribution >= 0.6 is 0 Å². The van der Waals surface area contributed by atoms with Crippen LogP contribution in [0.15, 0.2) is 71.3 Å². The molecule has 1 aliphatic carbocycles. The van der Waals surface area contributed by atoms with E-state index in [1.807, 2.05) is 19.1 Å². The second kappa shape index (κ2) is 11.6. The molecule has 0 spiro atoms. The Kier molecular flexibility index (Phi) is 8.05. The van der Waals surface area contributed by atoms with E-state index in [0.717, 1.165) is 31.2 Å². The number of hydrogen-bond acceptors (Lipinski definition) is 5. The van der Waals surface area contributed by atoms with Gasteiger partial charge in [-0.2, -0.15) is 0 Å². The molecule has 188 valence electrons. The van der Waals surface area contributed by atoms with Crippen LogP contribution in [0.3, 0.4) is 0 Å². The van der Waals surface area contributed by atoms with Crippen molar-refractivity contribution in [3.63, 3.8) is 0 Å². The Bertz CT molecular complexity index is 1170. The number of hydrogen-bond donors (Lipinski definition) is 2. The van der Waals surface area contributed by atoms with Crippen molar-refractivity contribution in [2.24, 2.45) is 0 Å². The van der Waals surface area contributed by atoms with Crippen molar-refractivity contribution in [3.05, 3.63) is 83.8 Å². The number of benzene rings is 2. The molecule has 0 unspecified atom stereocenters. The van der Waals surface area contributed by atoms with Crippen LogP contribution in [0.5, 0.6) is 5.75 Å². The summed E-state index contributed by atoms with van der Waals surface area (Å²) in [6, 6.07) is 16.7. The third-order valence-electron chi connectivity index (χ3n) is 6.37. The molecule has 8 heteroatoms. The van der Waals surface area contributed by atoms with E-state index in [0.29, 0.717) is 17.0 Å². The van der Waals surface area contributed by atoms with Gasteiger partial charge in [-0.3, -0.25) is 19.3 Å². The molecule has 1 heterocycles. The lowest BCUT2D eigenvalue weighted by Gasteiger charge is -2.32. The maximum absolute atomic E-state index is 13.7. The first-order valence-corrected chi connectivity index (χ1v) is 12.1. The number of amides is 3. The summed E-state index contributed by atoms with van der Waals surface area (Å²) in [7, 11) is 1.57. The number of ether oxygens (including phenoxy) is 1. The number of furan rings is 1. The fourth-order valence-corrected chi connectivity index (χ4v) is 4.43. The van der Waals surface area contributed by atoms with Crippen LogP contribution in [-0.4, -0.2) is 37.4 Å². The van der Waals surface area contributed by atoms with Crippen molar-refractivity contribution < 1.29 is 23.5 Å². The van der Waals surface area contributed by atoms with Crippen LogP contribution in [0, 0.1) is 6.92 Å². The van der Waals surface area contributed by atoms with Crippen LogP contribution in [0.25, 0.3) is 0 Å². The molecular formula is C28H31N3O5. The molecule has 1 atom stereocenters. The van der Waals surface area contributed by atoms with Gasteiger partial charge >= 0.3 is 0 Å². The van der Waals surface area contributed by atoms with E-state index in [4.69, 9.17) is 9.15 Å². The number of carbonyl (C=O) groups excluding carboxylic acids is 3. The zero-order chi connectivity index (χ0) is 25.5. The van der Waals surface area contributed by atoms with Gasteiger partial charge in [-0.05, 0) is 61.7 Å². The van der Waals surface area contributed by atoms with Crippen molar-refractivity contribution in [3.8, 4) is 5.75 Å². The van der Waals surface area contributed by atoms with Gasteiger partial charge in [0.25, 0.3) is 5.91 Å². The molecule has 0 aliphatic heterocycles. The molecule has 8 nitrogen and oxygen atoms in total. The molecule has 1 aromatic heterocycles. The number of methoxy groups -OCH3 is 1. The Morgan fingerprint density at radius 1 is 1.03 bits per heavy atom. The Balaban J connectivity index is 1.68. The highest BCUT2D eigenvalue weighted by Crippen LogP contribution is 2.30. The molecule has 3 amide bonds. The quantitative estimate of drug-likeness (QED) is 0.470. The summed E-state index contributed by atoms with van der Waals surface area (Å²) in [5, 5.41) is 5.75. The second-order valence-electron chi connectivity index (χ2n) is 8.92. The highest BCUT2D eigenvalue weighted by molar-refractivity contribution is 6.04. The van der Waals surface area contributed by atoms with E-state index in [1.54, 1.807) is 49.6 Å². The first-order valence-electron chi connectivity index (χ1n) is 12.1. The summed E-state index contributed by atoms with van der Waals surface area (Å²) in [5.41, 5.74) is 2.21. The molecule has 2 aromatic carbocycles. The largest absolute Gasteiger partial charge is 0.497 e. The Morgan fingerprint density at radius 2 is 1.72 bits per heavy atom. The van der Waals surface area contributed by atoms with Crippen molar-refractivity contribution in [2.75, 3.05) is 18.6 Å². The van der Waals surface area contributed by atoms with Gasteiger partial charge in [0.15, 0.2) is 5.76 Å². The van der Waals surface area contributed by atoms with Crippen LogP contribution in [-0.2, 0) is 9.59 Å². The zero-order valence-corrected chi connectivity index (χ0v) is 20.5. The Hall–Kier alpha value is -4.07. The topological polar surface area (TPSA) is 101 Å². The number of rotatable bonds is 9. The molecule has 1 saturated carbocycles. The van der Waals surface area contributed by atoms with Crippen molar-refractivity contribution in [2.45, 2.75) is 44.7 Å². The summed E-state index contributed by atoms with van der Waals surface area (Å²) < 4.78 is 10.4. The zero-order valence-electron chi connectivity index (χ0n) is 20.5. The van der Waals surface area contributed by atoms with E-state index in [-0.39, 0.29) is 24.3 Å². The smallest absolute Gasteiger partial charge is 0.287 e. The Morgan fingerprint density at radius 3 is 2.33 bits per heavy atom. The lowest BCUT2D eigenvalue weighted by molar-refractivity contribution is -0.126. The van der Waals surface area contributed by atoms with Crippen LogP contribution in [0.2, 0.25) is 0 Å². The van der Waals surface area contributed by atoms with Gasteiger partial charge in [-0.15, -0.1) is 0 Å². The highest BCUT2D eigenvalue weighted by Gasteiger charge is 2.34. The predicted octanol–water partition coefficient (Wildman–Crippen LogP) is 4.16. The number of anilines is 1. The first-order chi connectivity index (χ1) is 17.5. The second-order valence-corrected chi connectivity index (χ2v) is 8.92. The third kappa shape index (κ3) is 5.94. The molecule has 2 N–H and O–H groups in total. The van der Waals surface area contributed by atoms with E-state index in [2.05, 4.69) is 10.6 Å². The Labute approximate surface area is 210 Å². The van der Waals surface area contributed by atoms with E-state index in [9.17, 15) is 14.4 Å². The number of carbonyl (C=O) groups is 3. The number of aryl methyl sites for hydroxylation is 1. The number of nitrogens with zero attached hydrogens (tertiary/aromatic N) is 1. The van der Waals surface area contributed by atoms with Crippen molar-refractivity contribution in [1.29, 1.82) is 0 Å². The summed E-state index contributed by atoms with van der Waals surface area (Å²) in [5.74, 6) is -0.448. The van der Waals surface area contributed by atoms with Crippen LogP contribution in [0.1, 0.15) is 53.4 Å². The minimum atomic E-state index is -0.938. The van der Waals surface area contributed by atoms with Gasteiger partial charge in [-0.1, -0.05) is 42.7 Å². The summed E-state index contributed by atoms with van der Waals surface area (Å²) in [6.45, 7) is 1.64. The fourth-order valence-electron chi connectivity index (χ4n) is 4.43. The molecule has 4 rings (SSSR count). The maximum Gasteiger partial charge on any atom is 0.287 e. The van der Waals surface area contributed by atoms with Gasteiger partial charge in [0.1, 0.15) is 11.8 Å². The molecule has 36 heavy (non-hydrogen) atoms. The summed E-state index contributed by atoms with van der Waals surface area (Å²) >= 11 is 0. The maximum atomic E-state index is 13.7. The molecule has 1 fully saturated rings. The normalized spacial score (nSPS) is 14.2. The molecule has 3 aromatic rings. The lowest BCUT2D eigenvalue weighted by Crippen LogP contribution is -2.49. The van der Waals surface area contributed by atoms with Gasteiger partial charge in [-0.25, -0.2) is 0 Å². The third-order valence-corrected chi connectivity index (χ3v) is 6.37. The van der Waals surface area contributed by atoms with Crippen molar-refractivity contribution in [1.82, 2.24) is 10.6 Å². The van der Waals surface area contributed by atoms with Crippen LogP contribution < -0.4 is 20.3 Å². The average Bonchev–Trinajstić information content (AvgIpc) is 3.61. The lowest BCUT2D eigenvalue weighted by atomic mass is 10.0. The standard InChI is InChI=1S/C28H31N3O5/c1-19-9-13-22(14-10-19)31(25(32)18-29-27(33)24-8-5-17-36-24)26(20-11-15-23(35-2)16-12-20)28(34)30-21-6-3-4-7-21/h5,8-17,21,26H,3-4,6-7,18H2,1-2H3,(H,29,33)(H,30,34)/t26-/m1/s1. The minimum absolute atomic E-state index is 0.0758. The minimum Gasteiger partial charge on any atom is -0.497 e. The van der Waals surface area contributed by atoms with Crippen LogP contribution in [0.4, 0.5) is 5.69 Å². The molecule has 0 radical (unpaired) electrons. The molecule has 1 aliphatic rings. The SMILES string of the molecule is COc1ccc([C@H](C(=O)NC2CCCC2)N(C(=O)CNC(=O)c2ccco2)c2ccc(C)cc2)cc1. The van der Waals surface area contributed by atoms with E-state index < -0.39 is 17.9 Å². The first kappa shape index (κ1) is 25.0. The monoisotopic (exact) mass is 489 g/mol. The average molecular weight is 490 g/mol. The molecule has 0 bridgehead atoms.